The zero-order chi connectivity index (χ0) is 13.9. The maximum atomic E-state index is 12.3. The van der Waals surface area contributed by atoms with Gasteiger partial charge in [-0.25, -0.2) is 0 Å². The van der Waals surface area contributed by atoms with Crippen LogP contribution in [0.15, 0.2) is 29.2 Å². The Morgan fingerprint density at radius 1 is 1.30 bits per heavy atom. The van der Waals surface area contributed by atoms with E-state index in [2.05, 4.69) is 17.4 Å². The third-order valence-electron chi connectivity index (χ3n) is 4.29. The summed E-state index contributed by atoms with van der Waals surface area (Å²) in [5.41, 5.74) is 1.30. The minimum atomic E-state index is 0.0322. The number of amides is 1. The van der Waals surface area contributed by atoms with Gasteiger partial charge in [0, 0.05) is 16.8 Å². The Hall–Kier alpha value is -0.670. The van der Waals surface area contributed by atoms with Crippen molar-refractivity contribution in [1.82, 2.24) is 5.32 Å². The van der Waals surface area contributed by atoms with E-state index in [0.717, 1.165) is 25.8 Å². The number of hydrogen-bond donors (Lipinski definition) is 1. The molecule has 0 spiro atoms. The number of halogens is 1. The van der Waals surface area contributed by atoms with Gasteiger partial charge in [0.05, 0.1) is 5.25 Å². The molecule has 1 heterocycles. The molecule has 0 saturated heterocycles. The third kappa shape index (κ3) is 3.15. The van der Waals surface area contributed by atoms with Gasteiger partial charge in [-0.1, -0.05) is 31.0 Å². The zero-order valence-corrected chi connectivity index (χ0v) is 13.1. The molecule has 3 unspecified atom stereocenters. The Morgan fingerprint density at radius 3 is 2.90 bits per heavy atom. The number of nitrogens with one attached hydrogen (secondary N) is 1. The van der Waals surface area contributed by atoms with Gasteiger partial charge < -0.3 is 5.32 Å². The average molecular weight is 310 g/mol. The van der Waals surface area contributed by atoms with E-state index in [9.17, 15) is 4.79 Å². The molecule has 0 bridgehead atoms. The van der Waals surface area contributed by atoms with Crippen molar-refractivity contribution in [3.63, 3.8) is 0 Å². The van der Waals surface area contributed by atoms with Gasteiger partial charge >= 0.3 is 0 Å². The maximum absolute atomic E-state index is 12.3. The lowest BCUT2D eigenvalue weighted by molar-refractivity contribution is -0.120. The smallest absolute Gasteiger partial charge is 0.233 e. The number of carbonyl (C=O) groups is 1. The lowest BCUT2D eigenvalue weighted by atomic mass is 9.88. The van der Waals surface area contributed by atoms with Gasteiger partial charge in [0.1, 0.15) is 0 Å². The Kier molecular flexibility index (Phi) is 4.57. The molecule has 4 heteroatoms. The summed E-state index contributed by atoms with van der Waals surface area (Å²) in [6.45, 7) is 0.737. The molecule has 1 saturated carbocycles. The van der Waals surface area contributed by atoms with Gasteiger partial charge in [-0.15, -0.1) is 23.4 Å². The molecule has 2 aliphatic rings. The fourth-order valence-electron chi connectivity index (χ4n) is 3.07. The van der Waals surface area contributed by atoms with Crippen molar-refractivity contribution in [1.29, 1.82) is 0 Å². The molecule has 1 amide bonds. The van der Waals surface area contributed by atoms with Crippen molar-refractivity contribution in [3.05, 3.63) is 29.8 Å². The van der Waals surface area contributed by atoms with Gasteiger partial charge in [0.15, 0.2) is 0 Å². The fraction of sp³-hybridized carbons (Fsp3) is 0.562. The van der Waals surface area contributed by atoms with Gasteiger partial charge in [-0.3, -0.25) is 4.79 Å². The van der Waals surface area contributed by atoms with Crippen molar-refractivity contribution in [3.8, 4) is 0 Å². The topological polar surface area (TPSA) is 29.1 Å². The second-order valence-corrected chi connectivity index (χ2v) is 7.53. The van der Waals surface area contributed by atoms with Crippen molar-refractivity contribution in [2.75, 3.05) is 6.54 Å². The fourth-order valence-corrected chi connectivity index (χ4v) is 4.66. The summed E-state index contributed by atoms with van der Waals surface area (Å²) < 4.78 is 0. The Morgan fingerprint density at radius 2 is 2.10 bits per heavy atom. The maximum Gasteiger partial charge on any atom is 0.233 e. The number of alkyl halides is 1. The monoisotopic (exact) mass is 309 g/mol. The van der Waals surface area contributed by atoms with E-state index in [1.807, 2.05) is 12.1 Å². The van der Waals surface area contributed by atoms with Crippen LogP contribution in [0.4, 0.5) is 0 Å². The lowest BCUT2D eigenvalue weighted by Gasteiger charge is -2.27. The molecule has 1 N–H and O–H groups in total. The summed E-state index contributed by atoms with van der Waals surface area (Å²) in [5, 5.41) is 3.38. The molecule has 1 aliphatic carbocycles. The largest absolute Gasteiger partial charge is 0.355 e. The van der Waals surface area contributed by atoms with Crippen LogP contribution in [-0.2, 0) is 11.2 Å². The standard InChI is InChI=1S/C16H20ClNOS/c17-13-7-3-1-6-12(13)10-18-16(19)15-9-11-5-2-4-8-14(11)20-15/h2,4-5,8,12-13,15H,1,3,6-7,9-10H2,(H,18,19). The molecule has 1 aromatic carbocycles. The van der Waals surface area contributed by atoms with E-state index in [-0.39, 0.29) is 16.5 Å². The number of thioether (sulfide) groups is 1. The summed E-state index contributed by atoms with van der Waals surface area (Å²) in [4.78, 5) is 13.5. The van der Waals surface area contributed by atoms with E-state index < -0.39 is 0 Å². The summed E-state index contributed by atoms with van der Waals surface area (Å²) in [6, 6.07) is 8.29. The van der Waals surface area contributed by atoms with E-state index in [1.54, 1.807) is 11.8 Å². The second kappa shape index (κ2) is 6.40. The van der Waals surface area contributed by atoms with Gasteiger partial charge in [-0.2, -0.15) is 0 Å². The number of carbonyl (C=O) groups excluding carboxylic acids is 1. The predicted molar refractivity (Wildman–Crippen MR) is 84.4 cm³/mol. The molecule has 0 aromatic heterocycles. The van der Waals surface area contributed by atoms with Crippen molar-refractivity contribution in [2.24, 2.45) is 5.92 Å². The van der Waals surface area contributed by atoms with Crippen LogP contribution in [0.2, 0.25) is 0 Å². The summed E-state index contributed by atoms with van der Waals surface area (Å²) >= 11 is 8.03. The van der Waals surface area contributed by atoms with Crippen LogP contribution < -0.4 is 5.32 Å². The van der Waals surface area contributed by atoms with Crippen molar-refractivity contribution in [2.45, 2.75) is 47.6 Å². The number of hydrogen-bond acceptors (Lipinski definition) is 2. The van der Waals surface area contributed by atoms with E-state index in [4.69, 9.17) is 11.6 Å². The normalized spacial score (nSPS) is 28.9. The minimum Gasteiger partial charge on any atom is -0.355 e. The van der Waals surface area contributed by atoms with Crippen LogP contribution in [0.3, 0.4) is 0 Å². The molecule has 3 rings (SSSR count). The van der Waals surface area contributed by atoms with Crippen LogP contribution in [-0.4, -0.2) is 23.1 Å². The molecular formula is C16H20ClNOS. The molecule has 108 valence electrons. The van der Waals surface area contributed by atoms with E-state index in [0.29, 0.717) is 5.92 Å². The molecule has 1 aromatic rings. The second-order valence-electron chi connectivity index (χ2n) is 5.72. The number of benzene rings is 1. The quantitative estimate of drug-likeness (QED) is 0.864. The van der Waals surface area contributed by atoms with Gasteiger partial charge in [0.25, 0.3) is 0 Å². The zero-order valence-electron chi connectivity index (χ0n) is 11.5. The molecule has 0 radical (unpaired) electrons. The summed E-state index contributed by atoms with van der Waals surface area (Å²) in [7, 11) is 0. The Labute approximate surface area is 129 Å². The highest BCUT2D eigenvalue weighted by molar-refractivity contribution is 8.01. The van der Waals surface area contributed by atoms with Crippen LogP contribution in [0.25, 0.3) is 0 Å². The molecule has 1 fully saturated rings. The molecule has 3 atom stereocenters. The van der Waals surface area contributed by atoms with Crippen LogP contribution >= 0.6 is 23.4 Å². The van der Waals surface area contributed by atoms with Gasteiger partial charge in [-0.05, 0) is 36.8 Å². The molecule has 1 aliphatic heterocycles. The Balaban J connectivity index is 1.51. The van der Waals surface area contributed by atoms with Crippen LogP contribution in [0.5, 0.6) is 0 Å². The first-order valence-electron chi connectivity index (χ1n) is 7.40. The van der Waals surface area contributed by atoms with E-state index >= 15 is 0 Å². The first-order chi connectivity index (χ1) is 9.74. The Bertz CT molecular complexity index is 468. The number of fused-ring (bicyclic) bond motifs is 1. The summed E-state index contributed by atoms with van der Waals surface area (Å²) in [6.07, 6.45) is 5.56. The van der Waals surface area contributed by atoms with Crippen molar-refractivity contribution >= 4 is 29.3 Å². The third-order valence-corrected chi connectivity index (χ3v) is 6.19. The number of rotatable bonds is 3. The van der Waals surface area contributed by atoms with Crippen molar-refractivity contribution < 1.29 is 4.79 Å². The van der Waals surface area contributed by atoms with E-state index in [1.165, 1.54) is 23.3 Å². The molecule has 20 heavy (non-hydrogen) atoms. The highest BCUT2D eigenvalue weighted by Gasteiger charge is 2.29. The lowest BCUT2D eigenvalue weighted by Crippen LogP contribution is -2.39. The first-order valence-corrected chi connectivity index (χ1v) is 8.72. The SMILES string of the molecule is O=C(NCC1CCCCC1Cl)C1Cc2ccccc2S1. The first kappa shape index (κ1) is 14.3. The van der Waals surface area contributed by atoms with Crippen LogP contribution in [0.1, 0.15) is 31.2 Å². The molecular weight excluding hydrogens is 290 g/mol. The highest BCUT2D eigenvalue weighted by Crippen LogP contribution is 2.37. The van der Waals surface area contributed by atoms with Gasteiger partial charge in [0.2, 0.25) is 5.91 Å². The average Bonchev–Trinajstić information content (AvgIpc) is 2.90. The predicted octanol–water partition coefficient (Wildman–Crippen LogP) is 3.62. The minimum absolute atomic E-state index is 0.0322. The van der Waals surface area contributed by atoms with Crippen LogP contribution in [0, 0.1) is 5.92 Å². The molecule has 2 nitrogen and oxygen atoms in total. The highest BCUT2D eigenvalue weighted by atomic mass is 35.5. The summed E-state index contributed by atoms with van der Waals surface area (Å²) in [5.74, 6) is 0.615.